The molecule has 1 amide bonds. The molecule has 0 saturated carbocycles. The van der Waals surface area contributed by atoms with Gasteiger partial charge in [0, 0.05) is 12.8 Å². The number of rotatable bonds is 24. The number of nitrogens with two attached hydrogens (primary N) is 1. The Morgan fingerprint density at radius 2 is 0.857 bits per heavy atom. The van der Waals surface area contributed by atoms with Crippen molar-refractivity contribution >= 4 is 17.8 Å². The van der Waals surface area contributed by atoms with Crippen LogP contribution in [0, 0.1) is 0 Å². The molecule has 0 unspecified atom stereocenters. The Balaban J connectivity index is 0. The molecular weight excluding hydrogens is 442 g/mol. The van der Waals surface area contributed by atoms with Crippen LogP contribution >= 0.6 is 0 Å². The zero-order valence-corrected chi connectivity index (χ0v) is 23.0. The van der Waals surface area contributed by atoms with Gasteiger partial charge in [-0.05, 0) is 31.8 Å². The van der Waals surface area contributed by atoms with Crippen molar-refractivity contribution in [1.82, 2.24) is 0 Å². The summed E-state index contributed by atoms with van der Waals surface area (Å²) in [6, 6.07) is 0. The molecule has 0 aromatic rings. The Bertz CT molecular complexity index is 471. The van der Waals surface area contributed by atoms with Gasteiger partial charge in [-0.1, -0.05) is 110 Å². The molecule has 0 fully saturated rings. The highest BCUT2D eigenvalue weighted by Crippen LogP contribution is 2.10. The number of unbranched alkanes of at least 4 members (excludes halogenated alkanes) is 15. The first-order valence-corrected chi connectivity index (χ1v) is 14.2. The van der Waals surface area contributed by atoms with Crippen LogP contribution in [0.2, 0.25) is 0 Å². The Labute approximate surface area is 215 Å². The molecule has 0 heterocycles. The SMILES string of the molecule is C=CC(N)=O.CCCCCCCCCCOC(=O)CCCCC(=O)OCCCCCCCCCC. The van der Waals surface area contributed by atoms with E-state index in [0.717, 1.165) is 31.8 Å². The first-order valence-electron chi connectivity index (χ1n) is 14.2. The van der Waals surface area contributed by atoms with Gasteiger partial charge >= 0.3 is 11.9 Å². The zero-order valence-electron chi connectivity index (χ0n) is 23.0. The summed E-state index contributed by atoms with van der Waals surface area (Å²) in [5.41, 5.74) is 4.53. The molecule has 0 aliphatic heterocycles. The molecule has 6 heteroatoms. The van der Waals surface area contributed by atoms with E-state index >= 15 is 0 Å². The van der Waals surface area contributed by atoms with Gasteiger partial charge in [0.25, 0.3) is 0 Å². The lowest BCUT2D eigenvalue weighted by molar-refractivity contribution is -0.146. The lowest BCUT2D eigenvalue weighted by atomic mass is 10.1. The molecule has 0 aliphatic carbocycles. The second kappa shape index (κ2) is 30.2. The summed E-state index contributed by atoms with van der Waals surface area (Å²) in [4.78, 5) is 32.9. The predicted octanol–water partition coefficient (Wildman–Crippen LogP) is 7.57. The van der Waals surface area contributed by atoms with Crippen molar-refractivity contribution in [1.29, 1.82) is 0 Å². The first kappa shape index (κ1) is 35.3. The van der Waals surface area contributed by atoms with Crippen molar-refractivity contribution in [2.45, 2.75) is 142 Å². The molecule has 0 radical (unpaired) electrons. The number of amides is 1. The van der Waals surface area contributed by atoms with Crippen LogP contribution in [0.5, 0.6) is 0 Å². The van der Waals surface area contributed by atoms with E-state index in [1.54, 1.807) is 0 Å². The average molecular weight is 498 g/mol. The van der Waals surface area contributed by atoms with Crippen LogP contribution in [0.1, 0.15) is 142 Å². The van der Waals surface area contributed by atoms with Gasteiger partial charge in [-0.2, -0.15) is 0 Å². The fourth-order valence-electron chi connectivity index (χ4n) is 3.53. The summed E-state index contributed by atoms with van der Waals surface area (Å²) in [6.45, 7) is 8.63. The minimum Gasteiger partial charge on any atom is -0.466 e. The molecule has 6 nitrogen and oxygen atoms in total. The van der Waals surface area contributed by atoms with E-state index in [2.05, 4.69) is 26.2 Å². The number of carbonyl (C=O) groups excluding carboxylic acids is 3. The maximum absolute atomic E-state index is 11.7. The van der Waals surface area contributed by atoms with Crippen LogP contribution in [-0.2, 0) is 23.9 Å². The van der Waals surface area contributed by atoms with Crippen molar-refractivity contribution in [3.63, 3.8) is 0 Å². The van der Waals surface area contributed by atoms with Crippen molar-refractivity contribution in [3.8, 4) is 0 Å². The highest BCUT2D eigenvalue weighted by molar-refractivity contribution is 5.84. The molecule has 35 heavy (non-hydrogen) atoms. The largest absolute Gasteiger partial charge is 0.466 e. The maximum atomic E-state index is 11.7. The summed E-state index contributed by atoms with van der Waals surface area (Å²) in [7, 11) is 0. The van der Waals surface area contributed by atoms with Crippen molar-refractivity contribution < 1.29 is 23.9 Å². The first-order chi connectivity index (χ1) is 17.0. The average Bonchev–Trinajstić information content (AvgIpc) is 2.85. The monoisotopic (exact) mass is 497 g/mol. The lowest BCUT2D eigenvalue weighted by Crippen LogP contribution is -2.08. The van der Waals surface area contributed by atoms with Crippen molar-refractivity contribution in [2.24, 2.45) is 5.73 Å². The summed E-state index contributed by atoms with van der Waals surface area (Å²) in [5, 5.41) is 0. The second-order valence-corrected chi connectivity index (χ2v) is 9.20. The highest BCUT2D eigenvalue weighted by atomic mass is 16.5. The molecule has 0 rings (SSSR count). The third kappa shape index (κ3) is 34.4. The number of esters is 2. The summed E-state index contributed by atoms with van der Waals surface area (Å²) in [5.74, 6) is -0.750. The van der Waals surface area contributed by atoms with Crippen LogP contribution in [0.3, 0.4) is 0 Å². The van der Waals surface area contributed by atoms with Crippen LogP contribution in [-0.4, -0.2) is 31.1 Å². The Kier molecular flexibility index (Phi) is 30.5. The topological polar surface area (TPSA) is 95.7 Å². The Morgan fingerprint density at radius 1 is 0.571 bits per heavy atom. The number of hydrogen-bond acceptors (Lipinski definition) is 5. The van der Waals surface area contributed by atoms with Gasteiger partial charge in [0.1, 0.15) is 0 Å². The second-order valence-electron chi connectivity index (χ2n) is 9.20. The number of ether oxygens (including phenoxy) is 2. The van der Waals surface area contributed by atoms with Gasteiger partial charge < -0.3 is 15.2 Å². The van der Waals surface area contributed by atoms with Crippen LogP contribution in [0.15, 0.2) is 12.7 Å². The third-order valence-corrected chi connectivity index (χ3v) is 5.73. The smallest absolute Gasteiger partial charge is 0.305 e. The van der Waals surface area contributed by atoms with E-state index in [-0.39, 0.29) is 11.9 Å². The van der Waals surface area contributed by atoms with E-state index in [9.17, 15) is 14.4 Å². The minimum atomic E-state index is -0.481. The van der Waals surface area contributed by atoms with E-state index in [1.165, 1.54) is 77.0 Å². The maximum Gasteiger partial charge on any atom is 0.305 e. The fraction of sp³-hybridized carbons (Fsp3) is 0.828. The summed E-state index contributed by atoms with van der Waals surface area (Å²) in [6.07, 6.45) is 23.1. The molecule has 0 bridgehead atoms. The molecule has 0 aromatic heterocycles. The standard InChI is InChI=1S/C26H50O4.C3H5NO/c1-3-5-7-9-11-13-15-19-23-29-25(27)21-17-18-22-26(28)30-24-20-16-14-12-10-8-6-4-2;1-2-3(4)5/h3-24H2,1-2H3;2H,1H2,(H2,4,5). The molecule has 0 spiro atoms. The summed E-state index contributed by atoms with van der Waals surface area (Å²) < 4.78 is 10.5. The Morgan fingerprint density at radius 3 is 1.14 bits per heavy atom. The van der Waals surface area contributed by atoms with Crippen molar-refractivity contribution in [2.75, 3.05) is 13.2 Å². The van der Waals surface area contributed by atoms with E-state index in [0.29, 0.717) is 38.9 Å². The number of primary amides is 1. The normalized spacial score (nSPS) is 10.2. The van der Waals surface area contributed by atoms with Crippen LogP contribution in [0.25, 0.3) is 0 Å². The van der Waals surface area contributed by atoms with Gasteiger partial charge in [-0.25, -0.2) is 0 Å². The van der Waals surface area contributed by atoms with Crippen LogP contribution < -0.4 is 5.73 Å². The van der Waals surface area contributed by atoms with Gasteiger partial charge in [-0.3, -0.25) is 14.4 Å². The molecule has 0 atom stereocenters. The van der Waals surface area contributed by atoms with Gasteiger partial charge in [0.05, 0.1) is 13.2 Å². The zero-order chi connectivity index (χ0) is 26.4. The predicted molar refractivity (Wildman–Crippen MR) is 145 cm³/mol. The van der Waals surface area contributed by atoms with Gasteiger partial charge in [-0.15, -0.1) is 0 Å². The summed E-state index contributed by atoms with van der Waals surface area (Å²) >= 11 is 0. The molecule has 2 N–H and O–H groups in total. The Hall–Kier alpha value is -1.85. The number of hydrogen-bond donors (Lipinski definition) is 1. The van der Waals surface area contributed by atoms with Gasteiger partial charge in [0.2, 0.25) is 5.91 Å². The number of carbonyl (C=O) groups is 3. The van der Waals surface area contributed by atoms with E-state index < -0.39 is 5.91 Å². The van der Waals surface area contributed by atoms with Crippen LogP contribution in [0.4, 0.5) is 0 Å². The third-order valence-electron chi connectivity index (χ3n) is 5.73. The molecule has 0 saturated heterocycles. The van der Waals surface area contributed by atoms with E-state index in [4.69, 9.17) is 9.47 Å². The fourth-order valence-corrected chi connectivity index (χ4v) is 3.53. The molecule has 0 aromatic carbocycles. The lowest BCUT2D eigenvalue weighted by Gasteiger charge is -2.06. The minimum absolute atomic E-state index is 0.134. The van der Waals surface area contributed by atoms with E-state index in [1.807, 2.05) is 0 Å². The molecular formula is C29H55NO5. The van der Waals surface area contributed by atoms with Crippen molar-refractivity contribution in [3.05, 3.63) is 12.7 Å². The highest BCUT2D eigenvalue weighted by Gasteiger charge is 2.06. The molecule has 0 aliphatic rings. The molecule has 206 valence electrons. The quantitative estimate of drug-likeness (QED) is 0.0842. The van der Waals surface area contributed by atoms with Gasteiger partial charge in [0.15, 0.2) is 0 Å².